The summed E-state index contributed by atoms with van der Waals surface area (Å²) in [7, 11) is 0. The van der Waals surface area contributed by atoms with E-state index in [0.29, 0.717) is 24.5 Å². The molecule has 0 saturated heterocycles. The second-order valence-electron chi connectivity index (χ2n) is 7.27. The number of carbonyl (C=O) groups excluding carboxylic acids is 1. The van der Waals surface area contributed by atoms with Crippen molar-refractivity contribution in [3.63, 3.8) is 0 Å². The van der Waals surface area contributed by atoms with Crippen LogP contribution in [-0.4, -0.2) is 24.0 Å². The molecule has 0 spiro atoms. The summed E-state index contributed by atoms with van der Waals surface area (Å²) in [5.74, 6) is -0.276. The molecule has 2 amide bonds. The third-order valence-corrected chi connectivity index (χ3v) is 4.51. The number of hydrogen-bond acceptors (Lipinski definition) is 2. The predicted molar refractivity (Wildman–Crippen MR) is 114 cm³/mol. The average molecular weight is 381 g/mol. The third-order valence-electron chi connectivity index (χ3n) is 4.51. The van der Waals surface area contributed by atoms with Gasteiger partial charge in [0.05, 0.1) is 11.4 Å². The Bertz CT molecular complexity index is 885. The molecule has 148 valence electrons. The average Bonchev–Trinajstić information content (AvgIpc) is 3.00. The van der Waals surface area contributed by atoms with Crippen LogP contribution in [0.5, 0.6) is 0 Å². The van der Waals surface area contributed by atoms with Gasteiger partial charge in [-0.2, -0.15) is 0 Å². The highest BCUT2D eigenvalue weighted by Gasteiger charge is 2.22. The van der Waals surface area contributed by atoms with E-state index < -0.39 is 0 Å². The Morgan fingerprint density at radius 1 is 1.18 bits per heavy atom. The summed E-state index contributed by atoms with van der Waals surface area (Å²) >= 11 is 0. The van der Waals surface area contributed by atoms with E-state index in [1.807, 2.05) is 33.8 Å². The molecule has 5 heteroatoms. The number of carbonyl (C=O) groups is 1. The first kappa shape index (κ1) is 21.2. The number of urea groups is 1. The van der Waals surface area contributed by atoms with E-state index in [4.69, 9.17) is 5.73 Å². The maximum Gasteiger partial charge on any atom is 0.322 e. The highest BCUT2D eigenvalue weighted by molar-refractivity contribution is 5.78. The maximum atomic E-state index is 13.0. The van der Waals surface area contributed by atoms with Crippen LogP contribution in [0.2, 0.25) is 0 Å². The number of nitrogens with zero attached hydrogens (tertiary/aromatic N) is 1. The van der Waals surface area contributed by atoms with Gasteiger partial charge >= 0.3 is 6.03 Å². The van der Waals surface area contributed by atoms with Crippen molar-refractivity contribution in [3.8, 4) is 0 Å². The molecule has 0 atom stereocenters. The monoisotopic (exact) mass is 381 g/mol. The molecule has 0 aromatic heterocycles. The van der Waals surface area contributed by atoms with E-state index in [-0.39, 0.29) is 11.8 Å². The van der Waals surface area contributed by atoms with Crippen LogP contribution in [0.15, 0.2) is 77.2 Å². The first-order valence-electron chi connectivity index (χ1n) is 9.16. The summed E-state index contributed by atoms with van der Waals surface area (Å²) in [6, 6.07) is 6.00. The lowest BCUT2D eigenvalue weighted by Gasteiger charge is -2.18. The predicted octanol–water partition coefficient (Wildman–Crippen LogP) is 4.89. The van der Waals surface area contributed by atoms with Gasteiger partial charge in [-0.15, -0.1) is 0 Å². The Labute approximate surface area is 166 Å². The molecule has 0 fully saturated rings. The number of amides is 2. The summed E-state index contributed by atoms with van der Waals surface area (Å²) < 4.78 is 13.0. The number of nitrogens with two attached hydrogens (primary N) is 1. The first-order valence-corrected chi connectivity index (χ1v) is 9.16. The van der Waals surface area contributed by atoms with Gasteiger partial charge in [0, 0.05) is 13.1 Å². The molecule has 0 radical (unpaired) electrons. The molecular formula is C23H28FN3O. The minimum absolute atomic E-state index is 0.225. The second kappa shape index (κ2) is 9.22. The van der Waals surface area contributed by atoms with Gasteiger partial charge in [-0.1, -0.05) is 36.4 Å². The fraction of sp³-hybridized carbons (Fsp3) is 0.261. The highest BCUT2D eigenvalue weighted by Crippen LogP contribution is 2.20. The molecule has 28 heavy (non-hydrogen) atoms. The number of hydrogen-bond donors (Lipinski definition) is 2. The summed E-state index contributed by atoms with van der Waals surface area (Å²) in [6.07, 6.45) is 5.60. The number of allylic oxidation sites excluding steroid dienone is 4. The smallest absolute Gasteiger partial charge is 0.322 e. The Balaban J connectivity index is 1.97. The largest absolute Gasteiger partial charge is 0.397 e. The maximum absolute atomic E-state index is 13.0. The zero-order chi connectivity index (χ0) is 20.8. The first-order chi connectivity index (χ1) is 13.2. The molecule has 0 saturated carbocycles. The van der Waals surface area contributed by atoms with Crippen molar-refractivity contribution in [1.29, 1.82) is 0 Å². The van der Waals surface area contributed by atoms with Gasteiger partial charge in [-0.3, -0.25) is 0 Å². The SMILES string of the molecule is C=C(NC(=O)N1CC(C)=C(C=C(C)C)C1)/C(N)=C\C=C(/C)c1ccc(F)cc1. The summed E-state index contributed by atoms with van der Waals surface area (Å²) in [4.78, 5) is 14.2. The molecule has 1 aromatic rings. The molecule has 0 aliphatic carbocycles. The van der Waals surface area contributed by atoms with Crippen LogP contribution in [0.1, 0.15) is 33.3 Å². The van der Waals surface area contributed by atoms with Crippen molar-refractivity contribution >= 4 is 11.6 Å². The van der Waals surface area contributed by atoms with E-state index >= 15 is 0 Å². The topological polar surface area (TPSA) is 58.4 Å². The van der Waals surface area contributed by atoms with Gasteiger partial charge in [0.25, 0.3) is 0 Å². The van der Waals surface area contributed by atoms with E-state index in [9.17, 15) is 9.18 Å². The van der Waals surface area contributed by atoms with E-state index in [0.717, 1.165) is 11.1 Å². The molecule has 1 aromatic carbocycles. The quantitative estimate of drug-likeness (QED) is 0.713. The van der Waals surface area contributed by atoms with Gasteiger partial charge in [0.1, 0.15) is 5.82 Å². The number of rotatable bonds is 5. The van der Waals surface area contributed by atoms with Crippen LogP contribution < -0.4 is 11.1 Å². The fourth-order valence-corrected chi connectivity index (χ4v) is 2.85. The fourth-order valence-electron chi connectivity index (χ4n) is 2.85. The van der Waals surface area contributed by atoms with Crippen LogP contribution in [0.4, 0.5) is 9.18 Å². The molecule has 1 aliphatic rings. The molecule has 0 unspecified atom stereocenters. The molecule has 2 rings (SSSR count). The van der Waals surface area contributed by atoms with E-state index in [2.05, 4.69) is 18.0 Å². The van der Waals surface area contributed by atoms with Crippen LogP contribution in [0.3, 0.4) is 0 Å². The lowest BCUT2D eigenvalue weighted by Crippen LogP contribution is -2.39. The Hall–Kier alpha value is -3.08. The molecule has 1 aliphatic heterocycles. The van der Waals surface area contributed by atoms with Gasteiger partial charge in [-0.25, -0.2) is 9.18 Å². The van der Waals surface area contributed by atoms with Gasteiger partial charge < -0.3 is 16.0 Å². The zero-order valence-electron chi connectivity index (χ0n) is 17.0. The van der Waals surface area contributed by atoms with Gasteiger partial charge in [-0.05, 0) is 68.2 Å². The van der Waals surface area contributed by atoms with Gasteiger partial charge in [0.2, 0.25) is 0 Å². The normalized spacial score (nSPS) is 15.0. The van der Waals surface area contributed by atoms with Crippen LogP contribution in [0, 0.1) is 5.82 Å². The van der Waals surface area contributed by atoms with E-state index in [1.165, 1.54) is 28.9 Å². The second-order valence-corrected chi connectivity index (χ2v) is 7.27. The van der Waals surface area contributed by atoms with Crippen LogP contribution in [-0.2, 0) is 0 Å². The van der Waals surface area contributed by atoms with E-state index in [1.54, 1.807) is 23.1 Å². The van der Waals surface area contributed by atoms with Gasteiger partial charge in [0.15, 0.2) is 0 Å². The lowest BCUT2D eigenvalue weighted by atomic mass is 10.1. The Kier molecular flexibility index (Phi) is 6.99. The molecule has 1 heterocycles. The molecule has 4 nitrogen and oxygen atoms in total. The molecular weight excluding hydrogens is 353 g/mol. The van der Waals surface area contributed by atoms with Crippen molar-refractivity contribution in [2.45, 2.75) is 27.7 Å². The third kappa shape index (κ3) is 5.71. The van der Waals surface area contributed by atoms with Crippen molar-refractivity contribution in [3.05, 3.63) is 88.6 Å². The van der Waals surface area contributed by atoms with Crippen molar-refractivity contribution < 1.29 is 9.18 Å². The van der Waals surface area contributed by atoms with Crippen molar-refractivity contribution in [2.24, 2.45) is 5.73 Å². The molecule has 0 bridgehead atoms. The number of nitrogens with one attached hydrogen (secondary N) is 1. The minimum Gasteiger partial charge on any atom is -0.397 e. The van der Waals surface area contributed by atoms with Crippen LogP contribution >= 0.6 is 0 Å². The zero-order valence-corrected chi connectivity index (χ0v) is 17.0. The Morgan fingerprint density at radius 3 is 2.43 bits per heavy atom. The lowest BCUT2D eigenvalue weighted by molar-refractivity contribution is 0.213. The number of halogens is 1. The Morgan fingerprint density at radius 2 is 1.82 bits per heavy atom. The number of benzene rings is 1. The highest BCUT2D eigenvalue weighted by atomic mass is 19.1. The van der Waals surface area contributed by atoms with Crippen LogP contribution in [0.25, 0.3) is 5.57 Å². The van der Waals surface area contributed by atoms with Crippen molar-refractivity contribution in [1.82, 2.24) is 10.2 Å². The summed E-state index contributed by atoms with van der Waals surface area (Å²) in [5.41, 5.74) is 12.1. The standard InChI is InChI=1S/C23H28FN3O/c1-15(2)12-20-14-27(13-17(20)4)23(28)26-18(5)22(25)11-6-16(3)19-7-9-21(24)10-8-19/h6-12H,5,13-14,25H2,1-4H3,(H,26,28)/b16-6+,22-11+. The summed E-state index contributed by atoms with van der Waals surface area (Å²) in [6.45, 7) is 13.0. The summed E-state index contributed by atoms with van der Waals surface area (Å²) in [5, 5.41) is 2.76. The molecule has 3 N–H and O–H groups in total. The minimum atomic E-state index is -0.276. The van der Waals surface area contributed by atoms with Crippen molar-refractivity contribution in [2.75, 3.05) is 13.1 Å².